The van der Waals surface area contributed by atoms with Crippen LogP contribution < -0.4 is 0 Å². The fraction of sp³-hybridized carbons (Fsp3) is 1.00. The summed E-state index contributed by atoms with van der Waals surface area (Å²) in [5, 5.41) is 0. The van der Waals surface area contributed by atoms with Crippen molar-refractivity contribution in [3.8, 4) is 0 Å². The van der Waals surface area contributed by atoms with E-state index in [1.165, 1.54) is 56.3 Å². The predicted octanol–water partition coefficient (Wildman–Crippen LogP) is 2.80. The van der Waals surface area contributed by atoms with Crippen molar-refractivity contribution in [1.29, 1.82) is 0 Å². The molecule has 0 unspecified atom stereocenters. The average molecular weight is 312 g/mol. The van der Waals surface area contributed by atoms with Gasteiger partial charge in [0.1, 0.15) is 0 Å². The van der Waals surface area contributed by atoms with E-state index in [2.05, 4.69) is 15.5 Å². The van der Waals surface area contributed by atoms with Gasteiger partial charge in [-0.3, -0.25) is 0 Å². The first-order valence-electron chi connectivity index (χ1n) is 4.24. The van der Waals surface area contributed by atoms with Gasteiger partial charge >= 0.3 is 96.6 Å². The van der Waals surface area contributed by atoms with E-state index in [-0.39, 0.29) is 0 Å². The molecule has 0 bridgehead atoms. The van der Waals surface area contributed by atoms with Gasteiger partial charge in [0.2, 0.25) is 0 Å². The SMILES string of the molecule is CN(C)P(Br)(N(C)C)(N(C)C)C(F)(F)F. The molecule has 0 atom stereocenters. The van der Waals surface area contributed by atoms with Crippen LogP contribution in [0, 0.1) is 0 Å². The summed E-state index contributed by atoms with van der Waals surface area (Å²) in [4.78, 5) is 0. The zero-order valence-corrected chi connectivity index (χ0v) is 12.3. The van der Waals surface area contributed by atoms with Crippen LogP contribution in [0.1, 0.15) is 0 Å². The number of hydrogen-bond acceptors (Lipinski definition) is 3. The van der Waals surface area contributed by atoms with Gasteiger partial charge in [0.25, 0.3) is 0 Å². The van der Waals surface area contributed by atoms with Crippen molar-refractivity contribution in [2.45, 2.75) is 5.92 Å². The van der Waals surface area contributed by atoms with Crippen LogP contribution >= 0.6 is 21.2 Å². The third kappa shape index (κ3) is 1.72. The molecule has 0 rings (SSSR count). The Hall–Kier alpha value is 0.580. The molecule has 0 aromatic rings. The molecule has 0 aliphatic carbocycles. The van der Waals surface area contributed by atoms with Crippen molar-refractivity contribution in [3.05, 3.63) is 0 Å². The Balaban J connectivity index is 5.95. The molecular formula is C7H18BrF3N3P. The standard InChI is InChI=1S/C7H18BrF3N3P/c1-12(2)15(8,13(3)4,14(5)6)7(9,10)11/h1-6H3. The van der Waals surface area contributed by atoms with E-state index in [1.54, 1.807) is 0 Å². The summed E-state index contributed by atoms with van der Waals surface area (Å²) in [5.74, 6) is -8.76. The van der Waals surface area contributed by atoms with Gasteiger partial charge in [-0.25, -0.2) is 0 Å². The Labute approximate surface area is 97.0 Å². The molecule has 0 radical (unpaired) electrons. The second kappa shape index (κ2) is 4.11. The van der Waals surface area contributed by atoms with Crippen LogP contribution in [0.3, 0.4) is 0 Å². The molecule has 0 aromatic carbocycles. The zero-order chi connectivity index (χ0) is 12.7. The zero-order valence-electron chi connectivity index (χ0n) is 9.80. The topological polar surface area (TPSA) is 9.72 Å². The fourth-order valence-electron chi connectivity index (χ4n) is 1.75. The van der Waals surface area contributed by atoms with Crippen LogP contribution in [0.25, 0.3) is 0 Å². The molecule has 0 saturated carbocycles. The van der Waals surface area contributed by atoms with E-state index < -0.39 is 11.7 Å². The molecule has 0 fully saturated rings. The normalized spacial score (nSPS) is 17.3. The fourth-order valence-corrected chi connectivity index (χ4v) is 5.26. The molecule has 0 aliphatic rings. The second-order valence-electron chi connectivity index (χ2n) is 3.89. The average Bonchev–Trinajstić information content (AvgIpc) is 1.98. The number of hydrogen-bond donors (Lipinski definition) is 0. The van der Waals surface area contributed by atoms with Crippen LogP contribution in [-0.2, 0) is 0 Å². The molecule has 0 spiro atoms. The van der Waals surface area contributed by atoms with Gasteiger partial charge in [-0.15, -0.1) is 0 Å². The molecule has 15 heavy (non-hydrogen) atoms. The maximum absolute atomic E-state index is 13.4. The predicted molar refractivity (Wildman–Crippen MR) is 63.0 cm³/mol. The maximum atomic E-state index is 13.4. The molecule has 0 amide bonds. The van der Waals surface area contributed by atoms with Crippen molar-refractivity contribution < 1.29 is 13.2 Å². The summed E-state index contributed by atoms with van der Waals surface area (Å²) in [5.41, 5.74) is 0. The van der Waals surface area contributed by atoms with E-state index in [9.17, 15) is 13.2 Å². The van der Waals surface area contributed by atoms with Crippen molar-refractivity contribution in [2.75, 3.05) is 42.3 Å². The third-order valence-electron chi connectivity index (χ3n) is 2.56. The summed E-state index contributed by atoms with van der Waals surface area (Å²) in [6.45, 7) is 0. The summed E-state index contributed by atoms with van der Waals surface area (Å²) >= 11 is 2.99. The molecule has 0 saturated heterocycles. The number of nitrogens with zero attached hydrogens (tertiary/aromatic N) is 3. The molecule has 0 aliphatic heterocycles. The first-order chi connectivity index (χ1) is 6.41. The third-order valence-corrected chi connectivity index (χ3v) is 14.6. The van der Waals surface area contributed by atoms with Crippen molar-refractivity contribution in [2.24, 2.45) is 0 Å². The van der Waals surface area contributed by atoms with Gasteiger partial charge in [-0.05, 0) is 0 Å². The van der Waals surface area contributed by atoms with Gasteiger partial charge in [-0.1, -0.05) is 0 Å². The molecule has 0 aromatic heterocycles. The molecular weight excluding hydrogens is 294 g/mol. The van der Waals surface area contributed by atoms with Crippen molar-refractivity contribution >= 4 is 21.2 Å². The van der Waals surface area contributed by atoms with Gasteiger partial charge in [0, 0.05) is 0 Å². The van der Waals surface area contributed by atoms with E-state index in [1.807, 2.05) is 0 Å². The summed E-state index contributed by atoms with van der Waals surface area (Å²) in [6.07, 6.45) is 0. The Kier molecular flexibility index (Phi) is 4.27. The Morgan fingerprint density at radius 1 is 0.800 bits per heavy atom. The van der Waals surface area contributed by atoms with Crippen LogP contribution in [0.15, 0.2) is 0 Å². The number of alkyl halides is 3. The van der Waals surface area contributed by atoms with Gasteiger partial charge in [-0.2, -0.15) is 0 Å². The van der Waals surface area contributed by atoms with E-state index >= 15 is 0 Å². The number of halogens is 4. The van der Waals surface area contributed by atoms with E-state index in [4.69, 9.17) is 0 Å². The summed E-state index contributed by atoms with van der Waals surface area (Å²) in [6, 6.07) is 0. The van der Waals surface area contributed by atoms with Crippen LogP contribution in [0.4, 0.5) is 13.2 Å². The van der Waals surface area contributed by atoms with E-state index in [0.29, 0.717) is 0 Å². The van der Waals surface area contributed by atoms with Crippen LogP contribution in [0.5, 0.6) is 0 Å². The number of rotatable bonds is 3. The summed E-state index contributed by atoms with van der Waals surface area (Å²) < 4.78 is 43.8. The quantitative estimate of drug-likeness (QED) is 0.742. The Morgan fingerprint density at radius 2 is 1.00 bits per heavy atom. The van der Waals surface area contributed by atoms with Crippen LogP contribution in [-0.4, -0.2) is 62.2 Å². The molecule has 0 heterocycles. The monoisotopic (exact) mass is 311 g/mol. The molecule has 3 nitrogen and oxygen atoms in total. The van der Waals surface area contributed by atoms with Crippen LogP contribution in [0.2, 0.25) is 0 Å². The Bertz CT molecular complexity index is 218. The molecule has 94 valence electrons. The minimum absolute atomic E-state index is 1.21. The first-order valence-corrected chi connectivity index (χ1v) is 8.36. The van der Waals surface area contributed by atoms with Gasteiger partial charge in [0.15, 0.2) is 0 Å². The van der Waals surface area contributed by atoms with Gasteiger partial charge < -0.3 is 0 Å². The first kappa shape index (κ1) is 15.6. The summed E-state index contributed by atoms with van der Waals surface area (Å²) in [7, 11) is 8.58. The minimum atomic E-state index is -4.41. The van der Waals surface area contributed by atoms with E-state index in [0.717, 1.165) is 0 Å². The molecule has 8 heteroatoms. The Morgan fingerprint density at radius 3 is 1.00 bits per heavy atom. The van der Waals surface area contributed by atoms with Crippen molar-refractivity contribution in [3.63, 3.8) is 0 Å². The molecule has 0 N–H and O–H groups in total. The van der Waals surface area contributed by atoms with Crippen molar-refractivity contribution in [1.82, 2.24) is 14.0 Å². The second-order valence-corrected chi connectivity index (χ2v) is 12.5. The van der Waals surface area contributed by atoms with Gasteiger partial charge in [0.05, 0.1) is 0 Å².